The van der Waals surface area contributed by atoms with E-state index >= 15 is 0 Å². The molecule has 0 saturated heterocycles. The molecule has 1 aromatic rings. The molecular weight excluding hydrogens is 204 g/mol. The van der Waals surface area contributed by atoms with Crippen molar-refractivity contribution in [2.24, 2.45) is 0 Å². The maximum atomic E-state index is 5.86. The molecule has 3 N–H and O–H groups in total. The molecule has 2 rings (SSSR count). The van der Waals surface area contributed by atoms with Crippen molar-refractivity contribution < 1.29 is 0 Å². The van der Waals surface area contributed by atoms with Gasteiger partial charge in [0.05, 0.1) is 0 Å². The summed E-state index contributed by atoms with van der Waals surface area (Å²) in [6.45, 7) is 3.08. The molecule has 1 aliphatic carbocycles. The second kappa shape index (κ2) is 3.97. The summed E-state index contributed by atoms with van der Waals surface area (Å²) in [4.78, 5) is 0. The first-order valence-electron chi connectivity index (χ1n) is 5.30. The first-order valence-corrected chi connectivity index (χ1v) is 6.53. The average Bonchev–Trinajstić information content (AvgIpc) is 3.01. The van der Waals surface area contributed by atoms with E-state index in [0.29, 0.717) is 4.75 Å². The zero-order valence-corrected chi connectivity index (χ0v) is 10.2. The van der Waals surface area contributed by atoms with Crippen LogP contribution in [0.4, 0.5) is 11.4 Å². The van der Waals surface area contributed by atoms with E-state index in [1.54, 1.807) is 0 Å². The van der Waals surface area contributed by atoms with Crippen molar-refractivity contribution in [3.05, 3.63) is 23.8 Å². The molecule has 0 aromatic heterocycles. The summed E-state index contributed by atoms with van der Waals surface area (Å²) in [7, 11) is 0. The third kappa shape index (κ3) is 2.40. The summed E-state index contributed by atoms with van der Waals surface area (Å²) in [5.41, 5.74) is 9.01. The van der Waals surface area contributed by atoms with Gasteiger partial charge in [0.15, 0.2) is 0 Å². The Morgan fingerprint density at radius 2 is 2.20 bits per heavy atom. The molecule has 3 heteroatoms. The average molecular weight is 222 g/mol. The number of nitrogen functional groups attached to an aromatic ring is 1. The highest BCUT2D eigenvalue weighted by Crippen LogP contribution is 2.47. The third-order valence-electron chi connectivity index (χ3n) is 3.13. The highest BCUT2D eigenvalue weighted by Gasteiger charge is 2.41. The van der Waals surface area contributed by atoms with Gasteiger partial charge in [-0.25, -0.2) is 0 Å². The van der Waals surface area contributed by atoms with Gasteiger partial charge in [-0.15, -0.1) is 0 Å². The normalized spacial score (nSPS) is 17.5. The molecule has 0 amide bonds. The summed E-state index contributed by atoms with van der Waals surface area (Å²) < 4.78 is 0.500. The lowest BCUT2D eigenvalue weighted by atomic mass is 10.2. The largest absolute Gasteiger partial charge is 0.398 e. The lowest BCUT2D eigenvalue weighted by Gasteiger charge is -2.14. The molecule has 1 aromatic carbocycles. The van der Waals surface area contributed by atoms with Gasteiger partial charge in [-0.1, -0.05) is 6.07 Å². The molecule has 0 spiro atoms. The van der Waals surface area contributed by atoms with E-state index in [9.17, 15) is 0 Å². The Bertz CT molecular complexity index is 359. The van der Waals surface area contributed by atoms with Crippen LogP contribution in [0.2, 0.25) is 0 Å². The van der Waals surface area contributed by atoms with E-state index in [1.165, 1.54) is 12.8 Å². The second-order valence-corrected chi connectivity index (χ2v) is 5.59. The summed E-state index contributed by atoms with van der Waals surface area (Å²) in [5, 5.41) is 3.47. The molecule has 2 nitrogen and oxygen atoms in total. The summed E-state index contributed by atoms with van der Waals surface area (Å²) >= 11 is 1.97. The highest BCUT2D eigenvalue weighted by molar-refractivity contribution is 8.00. The Labute approximate surface area is 95.6 Å². The maximum absolute atomic E-state index is 5.86. The molecule has 0 heterocycles. The summed E-state index contributed by atoms with van der Waals surface area (Å²) in [5.74, 6) is 0. The van der Waals surface area contributed by atoms with E-state index in [1.807, 2.05) is 24.8 Å². The minimum atomic E-state index is 0.500. The van der Waals surface area contributed by atoms with E-state index in [0.717, 1.165) is 23.5 Å². The number of hydrogen-bond donors (Lipinski definition) is 2. The van der Waals surface area contributed by atoms with Crippen molar-refractivity contribution in [2.45, 2.75) is 24.5 Å². The van der Waals surface area contributed by atoms with Crippen molar-refractivity contribution in [2.75, 3.05) is 23.9 Å². The quantitative estimate of drug-likeness (QED) is 0.769. The number of nitrogens with one attached hydrogen (secondary N) is 1. The zero-order valence-electron chi connectivity index (χ0n) is 9.34. The SMILES string of the molecule is CSC1(CNc2ccc(C)c(N)c2)CC1. The Hall–Kier alpha value is -0.830. The van der Waals surface area contributed by atoms with Crippen LogP contribution in [0.15, 0.2) is 18.2 Å². The van der Waals surface area contributed by atoms with Gasteiger partial charge in [0.1, 0.15) is 0 Å². The summed E-state index contributed by atoms with van der Waals surface area (Å²) in [6.07, 6.45) is 4.86. The molecule has 1 fully saturated rings. The highest BCUT2D eigenvalue weighted by atomic mass is 32.2. The van der Waals surface area contributed by atoms with Gasteiger partial charge in [-0.05, 0) is 43.7 Å². The number of nitrogens with two attached hydrogens (primary N) is 1. The number of aryl methyl sites for hydroxylation is 1. The number of rotatable bonds is 4. The Morgan fingerprint density at radius 3 is 2.73 bits per heavy atom. The van der Waals surface area contributed by atoms with Crippen LogP contribution < -0.4 is 11.1 Å². The fourth-order valence-corrected chi connectivity index (χ4v) is 2.33. The molecule has 0 atom stereocenters. The lowest BCUT2D eigenvalue weighted by Crippen LogP contribution is -2.17. The number of thioether (sulfide) groups is 1. The van der Waals surface area contributed by atoms with E-state index in [4.69, 9.17) is 5.73 Å². The Morgan fingerprint density at radius 1 is 1.47 bits per heavy atom. The minimum Gasteiger partial charge on any atom is -0.398 e. The van der Waals surface area contributed by atoms with Gasteiger partial charge < -0.3 is 11.1 Å². The fourth-order valence-electron chi connectivity index (χ4n) is 1.61. The van der Waals surface area contributed by atoms with Gasteiger partial charge in [0.25, 0.3) is 0 Å². The van der Waals surface area contributed by atoms with Gasteiger partial charge >= 0.3 is 0 Å². The predicted octanol–water partition coefficient (Wildman–Crippen LogP) is 2.88. The molecule has 0 radical (unpaired) electrons. The van der Waals surface area contributed by atoms with Crippen LogP contribution in [-0.2, 0) is 0 Å². The van der Waals surface area contributed by atoms with Gasteiger partial charge in [0, 0.05) is 22.7 Å². The van der Waals surface area contributed by atoms with Crippen LogP contribution in [0.1, 0.15) is 18.4 Å². The topological polar surface area (TPSA) is 38.0 Å². The zero-order chi connectivity index (χ0) is 10.9. The van der Waals surface area contributed by atoms with Crippen molar-refractivity contribution in [3.63, 3.8) is 0 Å². The first-order chi connectivity index (χ1) is 7.15. The van der Waals surface area contributed by atoms with Gasteiger partial charge in [-0.2, -0.15) is 11.8 Å². The van der Waals surface area contributed by atoms with Crippen LogP contribution in [0, 0.1) is 6.92 Å². The van der Waals surface area contributed by atoms with Crippen LogP contribution in [0.25, 0.3) is 0 Å². The molecule has 0 aliphatic heterocycles. The minimum absolute atomic E-state index is 0.500. The third-order valence-corrected chi connectivity index (χ3v) is 4.55. The predicted molar refractivity (Wildman–Crippen MR) is 69.6 cm³/mol. The molecule has 1 saturated carbocycles. The number of hydrogen-bond acceptors (Lipinski definition) is 3. The molecule has 15 heavy (non-hydrogen) atoms. The van der Waals surface area contributed by atoms with Crippen LogP contribution in [-0.4, -0.2) is 17.5 Å². The molecule has 82 valence electrons. The van der Waals surface area contributed by atoms with E-state index in [-0.39, 0.29) is 0 Å². The summed E-state index contributed by atoms with van der Waals surface area (Å²) in [6, 6.07) is 6.18. The smallest absolute Gasteiger partial charge is 0.0364 e. The second-order valence-electron chi connectivity index (χ2n) is 4.31. The van der Waals surface area contributed by atoms with Gasteiger partial charge in [0.2, 0.25) is 0 Å². The number of benzene rings is 1. The molecule has 0 unspecified atom stereocenters. The van der Waals surface area contributed by atoms with Crippen molar-refractivity contribution in [1.29, 1.82) is 0 Å². The van der Waals surface area contributed by atoms with Crippen molar-refractivity contribution in [1.82, 2.24) is 0 Å². The molecule has 1 aliphatic rings. The van der Waals surface area contributed by atoms with Crippen molar-refractivity contribution >= 4 is 23.1 Å². The van der Waals surface area contributed by atoms with Gasteiger partial charge in [-0.3, -0.25) is 0 Å². The van der Waals surface area contributed by atoms with Crippen molar-refractivity contribution in [3.8, 4) is 0 Å². The standard InChI is InChI=1S/C12H18N2S/c1-9-3-4-10(7-11(9)13)14-8-12(15-2)5-6-12/h3-4,7,14H,5-6,8,13H2,1-2H3. The van der Waals surface area contributed by atoms with Crippen LogP contribution in [0.5, 0.6) is 0 Å². The van der Waals surface area contributed by atoms with Crippen LogP contribution in [0.3, 0.4) is 0 Å². The van der Waals surface area contributed by atoms with E-state index in [2.05, 4.69) is 23.7 Å². The molecule has 0 bridgehead atoms. The lowest BCUT2D eigenvalue weighted by molar-refractivity contribution is 0.949. The number of anilines is 2. The Kier molecular flexibility index (Phi) is 2.83. The van der Waals surface area contributed by atoms with Crippen LogP contribution >= 0.6 is 11.8 Å². The monoisotopic (exact) mass is 222 g/mol. The first kappa shape index (κ1) is 10.7. The van der Waals surface area contributed by atoms with E-state index < -0.39 is 0 Å². The molecular formula is C12H18N2S. The maximum Gasteiger partial charge on any atom is 0.0364 e. The fraction of sp³-hybridized carbons (Fsp3) is 0.500. The Balaban J connectivity index is 1.96.